The van der Waals surface area contributed by atoms with E-state index in [0.29, 0.717) is 23.7 Å². The van der Waals surface area contributed by atoms with E-state index in [1.807, 2.05) is 24.3 Å². The van der Waals surface area contributed by atoms with Gasteiger partial charge < -0.3 is 0 Å². The average Bonchev–Trinajstić information content (AvgIpc) is 3.58. The molecule has 14 aliphatic carbocycles. The molecule has 8 bridgehead atoms. The topological polar surface area (TPSA) is 95.2 Å². The van der Waals surface area contributed by atoms with Crippen molar-refractivity contribution in [2.24, 2.45) is 23.7 Å². The van der Waals surface area contributed by atoms with E-state index < -0.39 is 0 Å². The van der Waals surface area contributed by atoms with Gasteiger partial charge in [0.2, 0.25) is 0 Å². The maximum Gasteiger partial charge on any atom is 0.0994 e. The lowest BCUT2D eigenvalue weighted by molar-refractivity contribution is -0.319. The first-order valence-electron chi connectivity index (χ1n) is 11.6. The van der Waals surface area contributed by atoms with Crippen LogP contribution in [0, 0.1) is 69.0 Å². The molecule has 0 radical (unpaired) electrons. The Kier molecular flexibility index (Phi) is 2.05. The van der Waals surface area contributed by atoms with E-state index in [2.05, 4.69) is 24.3 Å². The van der Waals surface area contributed by atoms with Crippen molar-refractivity contribution in [2.75, 3.05) is 0 Å². The third kappa shape index (κ3) is 0.972. The van der Waals surface area contributed by atoms with Crippen LogP contribution in [-0.4, -0.2) is 0 Å². The van der Waals surface area contributed by atoms with Crippen molar-refractivity contribution in [3.63, 3.8) is 0 Å². The summed E-state index contributed by atoms with van der Waals surface area (Å²) in [6.45, 7) is 0. The van der Waals surface area contributed by atoms with Crippen molar-refractivity contribution in [1.82, 2.24) is 0 Å². The zero-order valence-corrected chi connectivity index (χ0v) is 17.2. The van der Waals surface area contributed by atoms with Crippen molar-refractivity contribution in [3.8, 4) is 24.3 Å². The van der Waals surface area contributed by atoms with E-state index in [0.717, 1.165) is 47.9 Å². The summed E-state index contributed by atoms with van der Waals surface area (Å²) in [7, 11) is 0. The molecule has 4 heteroatoms. The van der Waals surface area contributed by atoms with Crippen molar-refractivity contribution in [3.05, 3.63) is 68.8 Å². The Labute approximate surface area is 185 Å². The Morgan fingerprint density at radius 3 is 0.875 bits per heavy atom. The highest BCUT2D eigenvalue weighted by molar-refractivity contribution is 5.80. The molecule has 0 N–H and O–H groups in total. The second-order valence-electron chi connectivity index (χ2n) is 11.3. The van der Waals surface area contributed by atoms with Gasteiger partial charge in [-0.3, -0.25) is 0 Å². The van der Waals surface area contributed by atoms with Gasteiger partial charge in [0.1, 0.15) is 0 Å². The molecular weight excluding hydrogens is 392 g/mol. The summed E-state index contributed by atoms with van der Waals surface area (Å²) < 4.78 is 0. The number of benzene rings is 2. The molecule has 0 aliphatic heterocycles. The standard InChI is InChI=1S/C28H16N4/c29-9-13-1-2-14(10-30)18-17(13)25-5-6-27-19-15(11-31)3-4-16(12-32)20(19)28-8-7-26(18,23(28)21(25)27)24(28)22(25)27/h1-4,21-24H,5-8H2. The zero-order chi connectivity index (χ0) is 21.4. The fourth-order valence-corrected chi connectivity index (χ4v) is 12.1. The van der Waals surface area contributed by atoms with Crippen LogP contribution in [0.3, 0.4) is 0 Å². The molecule has 14 aliphatic rings. The van der Waals surface area contributed by atoms with Crippen LogP contribution in [0.15, 0.2) is 24.3 Å². The van der Waals surface area contributed by atoms with Gasteiger partial charge in [0, 0.05) is 21.7 Å². The minimum Gasteiger partial charge on any atom is -0.192 e. The van der Waals surface area contributed by atoms with Crippen LogP contribution in [0.2, 0.25) is 0 Å². The first kappa shape index (κ1) is 16.1. The number of rotatable bonds is 0. The van der Waals surface area contributed by atoms with Gasteiger partial charge in [-0.1, -0.05) is 0 Å². The SMILES string of the molecule is N#Cc1ccc(C#N)c2c1C13CCC45c6c(C#N)ccc(C#N)c6C67CCC2(C6C14)C7C35. The van der Waals surface area contributed by atoms with Crippen LogP contribution in [-0.2, 0) is 21.7 Å². The van der Waals surface area contributed by atoms with Crippen LogP contribution >= 0.6 is 0 Å². The normalized spacial score (nSPS) is 46.6. The Morgan fingerprint density at radius 1 is 0.469 bits per heavy atom. The summed E-state index contributed by atoms with van der Waals surface area (Å²) in [6.07, 6.45) is 4.16. The Bertz CT molecular complexity index is 1330. The molecule has 2 aromatic rings. The van der Waals surface area contributed by atoms with Crippen LogP contribution in [0.4, 0.5) is 0 Å². The van der Waals surface area contributed by atoms with Gasteiger partial charge in [-0.2, -0.15) is 21.0 Å². The summed E-state index contributed by atoms with van der Waals surface area (Å²) in [4.78, 5) is 0. The zero-order valence-electron chi connectivity index (χ0n) is 17.2. The van der Waals surface area contributed by atoms with E-state index in [9.17, 15) is 21.0 Å². The van der Waals surface area contributed by atoms with Gasteiger partial charge in [0.05, 0.1) is 46.5 Å². The number of nitriles is 4. The van der Waals surface area contributed by atoms with E-state index in [-0.39, 0.29) is 21.7 Å². The minimum atomic E-state index is -0.00869. The second kappa shape index (κ2) is 4.08. The molecule has 0 heterocycles. The predicted octanol–water partition coefficient (Wildman–Crippen LogP) is 3.95. The van der Waals surface area contributed by atoms with Gasteiger partial charge in [-0.05, 0) is 95.9 Å². The second-order valence-corrected chi connectivity index (χ2v) is 11.3. The number of hydrogen-bond donors (Lipinski definition) is 0. The number of fused-ring (bicyclic) bond motifs is 2. The summed E-state index contributed by atoms with van der Waals surface area (Å²) in [5, 5.41) is 40.3. The molecule has 0 amide bonds. The van der Waals surface area contributed by atoms with Crippen LogP contribution < -0.4 is 0 Å². The maximum atomic E-state index is 10.1. The molecule has 148 valence electrons. The molecule has 32 heavy (non-hydrogen) atoms. The van der Waals surface area contributed by atoms with Crippen molar-refractivity contribution >= 4 is 0 Å². The monoisotopic (exact) mass is 408 g/mol. The molecule has 10 fully saturated rings. The molecule has 2 aromatic carbocycles. The Balaban J connectivity index is 1.49. The Hall–Kier alpha value is -3.60. The third-order valence-electron chi connectivity index (χ3n) is 11.8. The van der Waals surface area contributed by atoms with Gasteiger partial charge in [0.15, 0.2) is 0 Å². The average molecular weight is 408 g/mol. The molecule has 16 rings (SSSR count). The van der Waals surface area contributed by atoms with E-state index in [1.54, 1.807) is 0 Å². The lowest BCUT2D eigenvalue weighted by Crippen LogP contribution is -2.92. The first-order valence-corrected chi connectivity index (χ1v) is 11.6. The molecule has 0 atom stereocenters. The summed E-state index contributed by atoms with van der Waals surface area (Å²) in [5.74, 6) is 1.81. The van der Waals surface area contributed by atoms with E-state index in [4.69, 9.17) is 0 Å². The smallest absolute Gasteiger partial charge is 0.0994 e. The van der Waals surface area contributed by atoms with Gasteiger partial charge >= 0.3 is 0 Å². The first-order chi connectivity index (χ1) is 15.6. The van der Waals surface area contributed by atoms with Crippen molar-refractivity contribution < 1.29 is 0 Å². The van der Waals surface area contributed by atoms with Gasteiger partial charge in [-0.15, -0.1) is 0 Å². The van der Waals surface area contributed by atoms with Gasteiger partial charge in [0.25, 0.3) is 0 Å². The molecule has 0 saturated heterocycles. The van der Waals surface area contributed by atoms with E-state index in [1.165, 1.54) is 22.3 Å². The largest absolute Gasteiger partial charge is 0.192 e. The summed E-state index contributed by atoms with van der Waals surface area (Å²) in [6, 6.07) is 17.5. The Morgan fingerprint density at radius 2 is 0.688 bits per heavy atom. The minimum absolute atomic E-state index is 0.00869. The molecule has 0 unspecified atom stereocenters. The predicted molar refractivity (Wildman–Crippen MR) is 111 cm³/mol. The van der Waals surface area contributed by atoms with Crippen molar-refractivity contribution in [2.45, 2.75) is 47.3 Å². The lowest BCUT2D eigenvalue weighted by atomic mass is 9.10. The fraction of sp³-hybridized carbons (Fsp3) is 0.429. The van der Waals surface area contributed by atoms with Crippen LogP contribution in [0.25, 0.3) is 0 Å². The van der Waals surface area contributed by atoms with Crippen LogP contribution in [0.1, 0.15) is 70.2 Å². The van der Waals surface area contributed by atoms with Gasteiger partial charge in [-0.25, -0.2) is 0 Å². The highest BCUT2D eigenvalue weighted by atomic mass is 15.0. The van der Waals surface area contributed by atoms with Crippen molar-refractivity contribution in [1.29, 1.82) is 21.0 Å². The number of nitrogens with zero attached hydrogens (tertiary/aromatic N) is 4. The molecular formula is C28H16N4. The summed E-state index contributed by atoms with van der Waals surface area (Å²) in [5.41, 5.74) is 7.89. The molecule has 4 nitrogen and oxygen atoms in total. The molecule has 4 spiro atoms. The third-order valence-corrected chi connectivity index (χ3v) is 11.8. The number of hydrogen-bond acceptors (Lipinski definition) is 4. The highest BCUT2D eigenvalue weighted by Crippen LogP contribution is 3.02. The highest BCUT2D eigenvalue weighted by Gasteiger charge is 3.01. The van der Waals surface area contributed by atoms with Crippen LogP contribution in [0.5, 0.6) is 0 Å². The maximum absolute atomic E-state index is 10.1. The summed E-state index contributed by atoms with van der Waals surface area (Å²) >= 11 is 0. The lowest BCUT2D eigenvalue weighted by Gasteiger charge is -2.91. The molecule has 0 aromatic heterocycles. The van der Waals surface area contributed by atoms with E-state index >= 15 is 0 Å². The molecule has 10 saturated carbocycles. The quantitative estimate of drug-likeness (QED) is 0.659. The fourth-order valence-electron chi connectivity index (χ4n) is 12.1.